The number of benzene rings is 1. The summed E-state index contributed by atoms with van der Waals surface area (Å²) < 4.78 is 7.97. The van der Waals surface area contributed by atoms with Gasteiger partial charge in [-0.1, -0.05) is 36.4 Å². The summed E-state index contributed by atoms with van der Waals surface area (Å²) in [7, 11) is 0. The van der Waals surface area contributed by atoms with Crippen molar-refractivity contribution in [2.45, 2.75) is 20.1 Å². The molecule has 1 aromatic carbocycles. The molecule has 6 heteroatoms. The number of hydrazone groups is 1. The van der Waals surface area contributed by atoms with E-state index < -0.39 is 6.23 Å². The third-order valence-electron chi connectivity index (χ3n) is 3.96. The fourth-order valence-corrected chi connectivity index (χ4v) is 2.87. The molecule has 1 amide bonds. The summed E-state index contributed by atoms with van der Waals surface area (Å²) >= 11 is 0. The van der Waals surface area contributed by atoms with Gasteiger partial charge in [0.05, 0.1) is 5.69 Å². The average molecular weight is 320 g/mol. The monoisotopic (exact) mass is 320 g/mol. The smallest absolute Gasteiger partial charge is 0.260 e. The predicted octanol–water partition coefficient (Wildman–Crippen LogP) is 2.88. The highest BCUT2D eigenvalue weighted by molar-refractivity contribution is 5.96. The summed E-state index contributed by atoms with van der Waals surface area (Å²) in [6.07, 6.45) is 1.34. The lowest BCUT2D eigenvalue weighted by Crippen LogP contribution is -2.25. The fourth-order valence-electron chi connectivity index (χ4n) is 2.87. The van der Waals surface area contributed by atoms with E-state index in [1.165, 1.54) is 11.9 Å². The molecule has 0 radical (unpaired) electrons. The highest BCUT2D eigenvalue weighted by atomic mass is 16.5. The average Bonchev–Trinajstić information content (AvgIpc) is 3.16. The first-order chi connectivity index (χ1) is 11.6. The van der Waals surface area contributed by atoms with Gasteiger partial charge in [-0.2, -0.15) is 5.01 Å². The van der Waals surface area contributed by atoms with Gasteiger partial charge in [0.15, 0.2) is 0 Å². The van der Waals surface area contributed by atoms with Crippen molar-refractivity contribution in [3.63, 3.8) is 0 Å². The molecule has 0 unspecified atom stereocenters. The molecule has 0 fully saturated rings. The number of aryl methyl sites for hydroxylation is 1. The minimum Gasteiger partial charge on any atom is -0.445 e. The molecule has 0 saturated heterocycles. The van der Waals surface area contributed by atoms with Gasteiger partial charge in [-0.15, -0.1) is 5.10 Å². The van der Waals surface area contributed by atoms with E-state index >= 15 is 0 Å². The Labute approximate surface area is 139 Å². The maximum atomic E-state index is 12.0. The minimum atomic E-state index is -0.563. The summed E-state index contributed by atoms with van der Waals surface area (Å²) in [6, 6.07) is 15.3. The van der Waals surface area contributed by atoms with Crippen LogP contribution >= 0.6 is 0 Å². The maximum Gasteiger partial charge on any atom is 0.260 e. The van der Waals surface area contributed by atoms with Gasteiger partial charge in [-0.3, -0.25) is 9.20 Å². The Morgan fingerprint density at radius 3 is 2.62 bits per heavy atom. The number of nitrogens with zero attached hydrogens (tertiary/aromatic N) is 4. The molecule has 1 aliphatic rings. The summed E-state index contributed by atoms with van der Waals surface area (Å²) in [5, 5.41) is 5.78. The summed E-state index contributed by atoms with van der Waals surface area (Å²) in [5.41, 5.74) is 3.25. The lowest BCUT2D eigenvalue weighted by molar-refractivity contribution is -0.135. The largest absolute Gasteiger partial charge is 0.445 e. The zero-order valence-corrected chi connectivity index (χ0v) is 13.4. The van der Waals surface area contributed by atoms with E-state index in [-0.39, 0.29) is 5.91 Å². The van der Waals surface area contributed by atoms with Crippen molar-refractivity contribution >= 4 is 17.5 Å². The van der Waals surface area contributed by atoms with Crippen molar-refractivity contribution in [3.8, 4) is 0 Å². The number of amides is 1. The Morgan fingerprint density at radius 2 is 1.88 bits per heavy atom. The molecule has 120 valence electrons. The highest BCUT2D eigenvalue weighted by Crippen LogP contribution is 2.31. The molecule has 4 rings (SSSR count). The molecule has 1 atom stereocenters. The van der Waals surface area contributed by atoms with E-state index in [0.717, 1.165) is 22.6 Å². The molecule has 3 heterocycles. The number of imidazole rings is 1. The van der Waals surface area contributed by atoms with Crippen molar-refractivity contribution in [1.29, 1.82) is 0 Å². The van der Waals surface area contributed by atoms with Crippen LogP contribution in [0.25, 0.3) is 5.65 Å². The SMILES string of the molecule is CC(=O)N1N=C(c2c(C)nc3ccccn23)O[C@H]1c1ccccc1. The van der Waals surface area contributed by atoms with E-state index in [4.69, 9.17) is 4.74 Å². The van der Waals surface area contributed by atoms with Crippen LogP contribution in [0.3, 0.4) is 0 Å². The standard InChI is InChI=1S/C18H16N4O2/c1-12-16(21-11-7-6-10-15(21)19-12)17-20-22(13(2)23)18(24-17)14-8-4-3-5-9-14/h3-11,18H,1-2H3/t18-/m0/s1. The van der Waals surface area contributed by atoms with Gasteiger partial charge in [0.2, 0.25) is 12.1 Å². The lowest BCUT2D eigenvalue weighted by Gasteiger charge is -2.19. The van der Waals surface area contributed by atoms with Gasteiger partial charge in [0.25, 0.3) is 5.90 Å². The Balaban J connectivity index is 1.80. The number of pyridine rings is 1. The topological polar surface area (TPSA) is 59.2 Å². The molecule has 6 nitrogen and oxygen atoms in total. The first kappa shape index (κ1) is 14.4. The molecular weight excluding hydrogens is 304 g/mol. The number of fused-ring (bicyclic) bond motifs is 1. The second-order valence-electron chi connectivity index (χ2n) is 5.62. The zero-order valence-electron chi connectivity index (χ0n) is 13.4. The predicted molar refractivity (Wildman–Crippen MR) is 89.3 cm³/mol. The van der Waals surface area contributed by atoms with Gasteiger partial charge in [-0.05, 0) is 19.1 Å². The molecule has 2 aromatic heterocycles. The van der Waals surface area contributed by atoms with Gasteiger partial charge in [0.1, 0.15) is 11.3 Å². The van der Waals surface area contributed by atoms with Crippen LogP contribution in [0.15, 0.2) is 59.8 Å². The number of ether oxygens (including phenoxy) is 1. The highest BCUT2D eigenvalue weighted by Gasteiger charge is 2.34. The van der Waals surface area contributed by atoms with Gasteiger partial charge >= 0.3 is 0 Å². The Morgan fingerprint density at radius 1 is 1.12 bits per heavy atom. The van der Waals surface area contributed by atoms with E-state index in [0.29, 0.717) is 5.90 Å². The summed E-state index contributed by atoms with van der Waals surface area (Å²) in [6.45, 7) is 3.38. The molecule has 3 aromatic rings. The summed E-state index contributed by atoms with van der Waals surface area (Å²) in [5.74, 6) is 0.223. The number of hydrogen-bond donors (Lipinski definition) is 0. The van der Waals surface area contributed by atoms with E-state index in [1.807, 2.05) is 66.1 Å². The maximum absolute atomic E-state index is 12.0. The third kappa shape index (κ3) is 2.23. The third-order valence-corrected chi connectivity index (χ3v) is 3.96. The van der Waals surface area contributed by atoms with Crippen LogP contribution < -0.4 is 0 Å². The van der Waals surface area contributed by atoms with Crippen molar-refractivity contribution in [2.75, 3.05) is 0 Å². The van der Waals surface area contributed by atoms with Gasteiger partial charge in [0, 0.05) is 18.7 Å². The van der Waals surface area contributed by atoms with E-state index in [1.54, 1.807) is 0 Å². The zero-order chi connectivity index (χ0) is 16.7. The first-order valence-corrected chi connectivity index (χ1v) is 7.69. The van der Waals surface area contributed by atoms with Gasteiger partial charge < -0.3 is 4.74 Å². The van der Waals surface area contributed by atoms with Crippen LogP contribution in [-0.4, -0.2) is 26.2 Å². The van der Waals surface area contributed by atoms with Crippen LogP contribution in [0, 0.1) is 6.92 Å². The molecule has 0 N–H and O–H groups in total. The van der Waals surface area contributed by atoms with Crippen molar-refractivity contribution < 1.29 is 9.53 Å². The van der Waals surface area contributed by atoms with Gasteiger partial charge in [-0.25, -0.2) is 4.98 Å². The van der Waals surface area contributed by atoms with Crippen LogP contribution in [0.4, 0.5) is 0 Å². The summed E-state index contributed by atoms with van der Waals surface area (Å²) in [4.78, 5) is 16.5. The number of aromatic nitrogens is 2. The van der Waals surface area contributed by atoms with Crippen molar-refractivity contribution in [2.24, 2.45) is 5.10 Å². The fraction of sp³-hybridized carbons (Fsp3) is 0.167. The second kappa shape index (κ2) is 5.49. The normalized spacial score (nSPS) is 17.0. The second-order valence-corrected chi connectivity index (χ2v) is 5.62. The molecule has 24 heavy (non-hydrogen) atoms. The molecule has 0 spiro atoms. The number of carbonyl (C=O) groups is 1. The van der Waals surface area contributed by atoms with Crippen LogP contribution in [0.5, 0.6) is 0 Å². The quantitative estimate of drug-likeness (QED) is 0.729. The van der Waals surface area contributed by atoms with Crippen molar-refractivity contribution in [1.82, 2.24) is 14.4 Å². The number of rotatable bonds is 2. The Bertz CT molecular complexity index is 946. The molecular formula is C18H16N4O2. The Kier molecular flexibility index (Phi) is 3.30. The van der Waals surface area contributed by atoms with Crippen LogP contribution in [0.2, 0.25) is 0 Å². The van der Waals surface area contributed by atoms with Crippen LogP contribution in [0.1, 0.15) is 30.1 Å². The number of hydrogen-bond acceptors (Lipinski definition) is 4. The van der Waals surface area contributed by atoms with E-state index in [2.05, 4.69) is 10.1 Å². The van der Waals surface area contributed by atoms with Crippen LogP contribution in [-0.2, 0) is 9.53 Å². The Hall–Kier alpha value is -3.15. The van der Waals surface area contributed by atoms with E-state index in [9.17, 15) is 4.79 Å². The first-order valence-electron chi connectivity index (χ1n) is 7.69. The molecule has 1 aliphatic heterocycles. The minimum absolute atomic E-state index is 0.176. The molecule has 0 bridgehead atoms. The molecule has 0 aliphatic carbocycles. The van der Waals surface area contributed by atoms with Crippen molar-refractivity contribution in [3.05, 3.63) is 71.7 Å². The molecule has 0 saturated carbocycles. The number of carbonyl (C=O) groups excluding carboxylic acids is 1. The lowest BCUT2D eigenvalue weighted by atomic mass is 10.2.